The Morgan fingerprint density at radius 2 is 1.50 bits per heavy atom. The van der Waals surface area contributed by atoms with E-state index in [9.17, 15) is 19.5 Å². The largest absolute Gasteiger partial charge is 0.481 e. The zero-order chi connectivity index (χ0) is 28.0. The Morgan fingerprint density at radius 3 is 2.12 bits per heavy atom. The molecule has 208 valence electrons. The molecule has 0 atom stereocenters. The highest BCUT2D eigenvalue weighted by molar-refractivity contribution is 5.80. The van der Waals surface area contributed by atoms with Gasteiger partial charge in [0.2, 0.25) is 5.91 Å². The van der Waals surface area contributed by atoms with E-state index in [4.69, 9.17) is 9.47 Å². The number of ether oxygens (including phenoxy) is 2. The quantitative estimate of drug-likeness (QED) is 0.375. The molecule has 1 aliphatic heterocycles. The summed E-state index contributed by atoms with van der Waals surface area (Å²) in [5.41, 5.74) is 4.63. The van der Waals surface area contributed by atoms with Crippen molar-refractivity contribution >= 4 is 18.0 Å². The minimum atomic E-state index is -0.969. The van der Waals surface area contributed by atoms with Crippen LogP contribution in [0.5, 0.6) is 0 Å². The summed E-state index contributed by atoms with van der Waals surface area (Å²) in [4.78, 5) is 39.6. The van der Waals surface area contributed by atoms with Gasteiger partial charge in [-0.3, -0.25) is 9.59 Å². The minimum Gasteiger partial charge on any atom is -0.481 e. The molecule has 2 N–H and O–H groups in total. The first-order chi connectivity index (χ1) is 19.4. The standard InChI is InChI=1S/C32H34N2O6/c35-29(34(17-14-30(36)37)21-23-8-2-1-3-9-23)20-32(15-18-39-19-16-32)33-31(38)40-22-28-26-12-6-4-10-24(26)25-11-5-7-13-27(25)28/h1-13,28H,14-22H2,(H,33,38)(H,36,37). The number of nitrogens with one attached hydrogen (secondary N) is 1. The third-order valence-corrected chi connectivity index (χ3v) is 7.81. The van der Waals surface area contributed by atoms with E-state index in [1.165, 1.54) is 0 Å². The zero-order valence-electron chi connectivity index (χ0n) is 22.4. The summed E-state index contributed by atoms with van der Waals surface area (Å²) in [6, 6.07) is 25.8. The van der Waals surface area contributed by atoms with Gasteiger partial charge in [0.25, 0.3) is 0 Å². The fourth-order valence-corrected chi connectivity index (χ4v) is 5.69. The van der Waals surface area contributed by atoms with Gasteiger partial charge in [-0.2, -0.15) is 0 Å². The number of hydrogen-bond acceptors (Lipinski definition) is 5. The van der Waals surface area contributed by atoms with Gasteiger partial charge in [0, 0.05) is 32.2 Å². The summed E-state index contributed by atoms with van der Waals surface area (Å²) in [5.74, 6) is -1.25. The van der Waals surface area contributed by atoms with Crippen LogP contribution in [0.1, 0.15) is 48.3 Å². The van der Waals surface area contributed by atoms with Gasteiger partial charge in [0.05, 0.1) is 18.4 Å². The van der Waals surface area contributed by atoms with Gasteiger partial charge in [-0.15, -0.1) is 0 Å². The summed E-state index contributed by atoms with van der Waals surface area (Å²) in [6.45, 7) is 1.37. The van der Waals surface area contributed by atoms with Crippen molar-refractivity contribution in [3.63, 3.8) is 0 Å². The Morgan fingerprint density at radius 1 is 0.900 bits per heavy atom. The first kappa shape index (κ1) is 27.4. The predicted octanol–water partition coefficient (Wildman–Crippen LogP) is 4.97. The Kier molecular flexibility index (Phi) is 8.45. The lowest BCUT2D eigenvalue weighted by Crippen LogP contribution is -2.55. The molecule has 0 unspecified atom stereocenters. The predicted molar refractivity (Wildman–Crippen MR) is 150 cm³/mol. The molecule has 8 nitrogen and oxygen atoms in total. The molecule has 2 aliphatic rings. The van der Waals surface area contributed by atoms with E-state index in [0.717, 1.165) is 27.8 Å². The van der Waals surface area contributed by atoms with E-state index in [1.54, 1.807) is 4.90 Å². The molecular weight excluding hydrogens is 508 g/mol. The van der Waals surface area contributed by atoms with Crippen LogP contribution in [0.3, 0.4) is 0 Å². The van der Waals surface area contributed by atoms with E-state index in [0.29, 0.717) is 32.6 Å². The number of benzene rings is 3. The van der Waals surface area contributed by atoms with Gasteiger partial charge in [0.15, 0.2) is 0 Å². The van der Waals surface area contributed by atoms with Gasteiger partial charge in [0.1, 0.15) is 6.61 Å². The molecule has 40 heavy (non-hydrogen) atoms. The van der Waals surface area contributed by atoms with Crippen LogP contribution in [0.25, 0.3) is 11.1 Å². The molecule has 1 saturated heterocycles. The van der Waals surface area contributed by atoms with Gasteiger partial charge >= 0.3 is 12.1 Å². The summed E-state index contributed by atoms with van der Waals surface area (Å²) < 4.78 is 11.3. The molecule has 8 heteroatoms. The lowest BCUT2D eigenvalue weighted by Gasteiger charge is -2.38. The SMILES string of the molecule is O=C(O)CCN(Cc1ccccc1)C(=O)CC1(NC(=O)OCC2c3ccccc3-c3ccccc32)CCOCC1. The number of carboxylic acids is 1. The maximum atomic E-state index is 13.6. The van der Waals surface area contributed by atoms with Crippen LogP contribution < -0.4 is 5.32 Å². The van der Waals surface area contributed by atoms with Crippen molar-refractivity contribution in [1.82, 2.24) is 10.2 Å². The van der Waals surface area contributed by atoms with E-state index in [2.05, 4.69) is 29.6 Å². The Balaban J connectivity index is 1.27. The highest BCUT2D eigenvalue weighted by Gasteiger charge is 2.39. The smallest absolute Gasteiger partial charge is 0.407 e. The van der Waals surface area contributed by atoms with Crippen molar-refractivity contribution in [1.29, 1.82) is 0 Å². The molecule has 0 spiro atoms. The van der Waals surface area contributed by atoms with Crippen LogP contribution in [0.2, 0.25) is 0 Å². The number of hydrogen-bond donors (Lipinski definition) is 2. The van der Waals surface area contributed by atoms with E-state index < -0.39 is 17.6 Å². The number of amides is 2. The summed E-state index contributed by atoms with van der Waals surface area (Å²) >= 11 is 0. The van der Waals surface area contributed by atoms with Crippen molar-refractivity contribution in [3.05, 3.63) is 95.6 Å². The second-order valence-electron chi connectivity index (χ2n) is 10.5. The van der Waals surface area contributed by atoms with Crippen LogP contribution in [0, 0.1) is 0 Å². The number of carbonyl (C=O) groups excluding carboxylic acids is 2. The molecule has 5 rings (SSSR count). The molecule has 1 aliphatic carbocycles. The maximum absolute atomic E-state index is 13.6. The second-order valence-corrected chi connectivity index (χ2v) is 10.5. The molecule has 3 aromatic rings. The molecule has 0 saturated carbocycles. The van der Waals surface area contributed by atoms with Crippen LogP contribution in [0.15, 0.2) is 78.9 Å². The molecule has 3 aromatic carbocycles. The lowest BCUT2D eigenvalue weighted by atomic mass is 9.86. The van der Waals surface area contributed by atoms with Crippen LogP contribution >= 0.6 is 0 Å². The molecule has 1 fully saturated rings. The number of alkyl carbamates (subject to hydrolysis) is 1. The normalized spacial score (nSPS) is 15.5. The minimum absolute atomic E-state index is 0.0347. The molecule has 0 aromatic heterocycles. The highest BCUT2D eigenvalue weighted by atomic mass is 16.5. The first-order valence-electron chi connectivity index (χ1n) is 13.7. The molecule has 0 bridgehead atoms. The van der Waals surface area contributed by atoms with Gasteiger partial charge < -0.3 is 24.8 Å². The Labute approximate surface area is 233 Å². The van der Waals surface area contributed by atoms with Crippen LogP contribution in [-0.2, 0) is 25.6 Å². The van der Waals surface area contributed by atoms with Crippen molar-refractivity contribution in [2.75, 3.05) is 26.4 Å². The summed E-state index contributed by atoms with van der Waals surface area (Å²) in [6.07, 6.45) is 0.223. The summed E-state index contributed by atoms with van der Waals surface area (Å²) in [5, 5.41) is 12.3. The van der Waals surface area contributed by atoms with Gasteiger partial charge in [-0.05, 0) is 40.7 Å². The third-order valence-electron chi connectivity index (χ3n) is 7.81. The van der Waals surface area contributed by atoms with Crippen molar-refractivity contribution in [2.24, 2.45) is 0 Å². The van der Waals surface area contributed by atoms with Gasteiger partial charge in [-0.25, -0.2) is 4.79 Å². The van der Waals surface area contributed by atoms with Crippen LogP contribution in [-0.4, -0.2) is 59.9 Å². The number of rotatable bonds is 10. The monoisotopic (exact) mass is 542 g/mol. The van der Waals surface area contributed by atoms with Crippen LogP contribution in [0.4, 0.5) is 4.79 Å². The van der Waals surface area contributed by atoms with E-state index >= 15 is 0 Å². The highest BCUT2D eigenvalue weighted by Crippen LogP contribution is 2.44. The number of nitrogens with zero attached hydrogens (tertiary/aromatic N) is 1. The molecule has 1 heterocycles. The zero-order valence-corrected chi connectivity index (χ0v) is 22.4. The Bertz CT molecular complexity index is 1310. The van der Waals surface area contributed by atoms with E-state index in [1.807, 2.05) is 54.6 Å². The topological polar surface area (TPSA) is 105 Å². The molecule has 0 radical (unpaired) electrons. The summed E-state index contributed by atoms with van der Waals surface area (Å²) in [7, 11) is 0. The fraction of sp³-hybridized carbons (Fsp3) is 0.344. The lowest BCUT2D eigenvalue weighted by molar-refractivity contribution is -0.139. The number of aliphatic carboxylic acids is 1. The fourth-order valence-electron chi connectivity index (χ4n) is 5.69. The van der Waals surface area contributed by atoms with Crippen molar-refractivity contribution in [3.8, 4) is 11.1 Å². The second kappa shape index (κ2) is 12.3. The number of fused-ring (bicyclic) bond motifs is 3. The third kappa shape index (κ3) is 6.34. The average Bonchev–Trinajstić information content (AvgIpc) is 3.28. The van der Waals surface area contributed by atoms with Crippen molar-refractivity contribution < 1.29 is 29.0 Å². The average molecular weight is 543 g/mol. The molecular formula is C32H34N2O6. The van der Waals surface area contributed by atoms with E-state index in [-0.39, 0.29) is 37.8 Å². The first-order valence-corrected chi connectivity index (χ1v) is 13.7. The molecule has 2 amide bonds. The Hall–Kier alpha value is -4.17. The number of carboxylic acid groups (broad SMARTS) is 1. The van der Waals surface area contributed by atoms with Gasteiger partial charge in [-0.1, -0.05) is 78.9 Å². The number of carbonyl (C=O) groups is 3. The van der Waals surface area contributed by atoms with Crippen molar-refractivity contribution in [2.45, 2.75) is 43.7 Å². The maximum Gasteiger partial charge on any atom is 0.407 e.